The molecule has 104 valence electrons. The van der Waals surface area contributed by atoms with Crippen molar-refractivity contribution in [2.45, 2.75) is 38.5 Å². The molecule has 1 aromatic heterocycles. The fourth-order valence-electron chi connectivity index (χ4n) is 2.72. The molecule has 1 aliphatic carbocycles. The average Bonchev–Trinajstić information content (AvgIpc) is 2.67. The van der Waals surface area contributed by atoms with Crippen LogP contribution in [-0.4, -0.2) is 9.97 Å². The Morgan fingerprint density at radius 2 is 1.75 bits per heavy atom. The summed E-state index contributed by atoms with van der Waals surface area (Å²) < 4.78 is 1.09. The predicted molar refractivity (Wildman–Crippen MR) is 84.7 cm³/mol. The molecule has 4 heteroatoms. The van der Waals surface area contributed by atoms with Gasteiger partial charge in [0.1, 0.15) is 11.6 Å². The monoisotopic (exact) mass is 331 g/mol. The van der Waals surface area contributed by atoms with E-state index < -0.39 is 0 Å². The van der Waals surface area contributed by atoms with Crippen LogP contribution in [0, 0.1) is 0 Å². The first-order chi connectivity index (χ1) is 9.72. The van der Waals surface area contributed by atoms with Crippen LogP contribution in [-0.2, 0) is 19.3 Å². The van der Waals surface area contributed by atoms with Gasteiger partial charge in [0, 0.05) is 22.2 Å². The molecule has 0 spiro atoms. The average molecular weight is 332 g/mol. The standard InChI is InChI=1S/C16H18BrN3/c17-12-8-6-11(7-9-12)10-15-19-14-5-3-1-2-4-13(14)16(18)20-15/h6-9H,1-5,10H2,(H2,18,19,20). The minimum atomic E-state index is 0.684. The van der Waals surface area contributed by atoms with Crippen LogP contribution >= 0.6 is 15.9 Å². The molecule has 0 saturated heterocycles. The zero-order chi connectivity index (χ0) is 13.9. The van der Waals surface area contributed by atoms with E-state index in [9.17, 15) is 0 Å². The third-order valence-corrected chi connectivity index (χ3v) is 4.32. The van der Waals surface area contributed by atoms with Crippen molar-refractivity contribution in [2.24, 2.45) is 0 Å². The Kier molecular flexibility index (Phi) is 4.01. The van der Waals surface area contributed by atoms with Crippen molar-refractivity contribution in [3.63, 3.8) is 0 Å². The van der Waals surface area contributed by atoms with Gasteiger partial charge in [-0.1, -0.05) is 34.5 Å². The summed E-state index contributed by atoms with van der Waals surface area (Å²) >= 11 is 3.45. The van der Waals surface area contributed by atoms with E-state index >= 15 is 0 Å². The number of hydrogen-bond acceptors (Lipinski definition) is 3. The Balaban J connectivity index is 1.89. The molecular formula is C16H18BrN3. The van der Waals surface area contributed by atoms with Gasteiger partial charge in [-0.15, -0.1) is 0 Å². The van der Waals surface area contributed by atoms with Crippen LogP contribution in [0.25, 0.3) is 0 Å². The second kappa shape index (κ2) is 5.92. The van der Waals surface area contributed by atoms with E-state index in [4.69, 9.17) is 10.7 Å². The summed E-state index contributed by atoms with van der Waals surface area (Å²) in [6, 6.07) is 8.27. The second-order valence-corrected chi connectivity index (χ2v) is 6.23. The van der Waals surface area contributed by atoms with Crippen molar-refractivity contribution < 1.29 is 0 Å². The number of aromatic nitrogens is 2. The quantitative estimate of drug-likeness (QED) is 0.854. The van der Waals surface area contributed by atoms with Crippen LogP contribution in [0.5, 0.6) is 0 Å². The zero-order valence-corrected chi connectivity index (χ0v) is 13.0. The van der Waals surface area contributed by atoms with Crippen LogP contribution in [0.1, 0.15) is 41.9 Å². The predicted octanol–water partition coefficient (Wildman–Crippen LogP) is 3.68. The van der Waals surface area contributed by atoms with E-state index in [1.165, 1.54) is 36.1 Å². The van der Waals surface area contributed by atoms with Crippen molar-refractivity contribution in [1.29, 1.82) is 0 Å². The Morgan fingerprint density at radius 1 is 1.00 bits per heavy atom. The lowest BCUT2D eigenvalue weighted by Gasteiger charge is -2.10. The highest BCUT2D eigenvalue weighted by molar-refractivity contribution is 9.10. The van der Waals surface area contributed by atoms with E-state index in [1.54, 1.807) is 0 Å². The number of nitrogens with zero attached hydrogens (tertiary/aromatic N) is 2. The van der Waals surface area contributed by atoms with E-state index in [-0.39, 0.29) is 0 Å². The van der Waals surface area contributed by atoms with Gasteiger partial charge in [-0.2, -0.15) is 0 Å². The molecule has 0 amide bonds. The maximum absolute atomic E-state index is 6.13. The number of aryl methyl sites for hydroxylation is 1. The fraction of sp³-hybridized carbons (Fsp3) is 0.375. The van der Waals surface area contributed by atoms with Gasteiger partial charge in [-0.3, -0.25) is 0 Å². The molecule has 1 aromatic carbocycles. The Morgan fingerprint density at radius 3 is 2.55 bits per heavy atom. The van der Waals surface area contributed by atoms with E-state index in [2.05, 4.69) is 33.0 Å². The molecule has 0 fully saturated rings. The van der Waals surface area contributed by atoms with Gasteiger partial charge in [-0.05, 0) is 43.4 Å². The Bertz CT molecular complexity index is 608. The molecule has 0 bridgehead atoms. The van der Waals surface area contributed by atoms with Gasteiger partial charge < -0.3 is 5.73 Å². The molecule has 20 heavy (non-hydrogen) atoms. The smallest absolute Gasteiger partial charge is 0.135 e. The second-order valence-electron chi connectivity index (χ2n) is 5.31. The highest BCUT2D eigenvalue weighted by Crippen LogP contribution is 2.23. The third kappa shape index (κ3) is 3.01. The molecule has 1 heterocycles. The van der Waals surface area contributed by atoms with Gasteiger partial charge in [-0.25, -0.2) is 9.97 Å². The summed E-state index contributed by atoms with van der Waals surface area (Å²) in [5, 5.41) is 0. The molecule has 0 unspecified atom stereocenters. The third-order valence-electron chi connectivity index (χ3n) is 3.79. The maximum atomic E-state index is 6.13. The van der Waals surface area contributed by atoms with E-state index in [0.29, 0.717) is 5.82 Å². The van der Waals surface area contributed by atoms with Gasteiger partial charge >= 0.3 is 0 Å². The molecule has 0 saturated carbocycles. The lowest BCUT2D eigenvalue weighted by atomic mass is 10.1. The maximum Gasteiger partial charge on any atom is 0.135 e. The fourth-order valence-corrected chi connectivity index (χ4v) is 2.98. The molecule has 3 nitrogen and oxygen atoms in total. The molecule has 0 aliphatic heterocycles. The van der Waals surface area contributed by atoms with Crippen molar-refractivity contribution in [3.8, 4) is 0 Å². The lowest BCUT2D eigenvalue weighted by Crippen LogP contribution is -2.09. The van der Waals surface area contributed by atoms with Crippen LogP contribution in [0.2, 0.25) is 0 Å². The summed E-state index contributed by atoms with van der Waals surface area (Å²) in [6.45, 7) is 0. The van der Waals surface area contributed by atoms with E-state index in [1.807, 2.05) is 12.1 Å². The van der Waals surface area contributed by atoms with Crippen LogP contribution in [0.4, 0.5) is 5.82 Å². The highest BCUT2D eigenvalue weighted by atomic mass is 79.9. The first kappa shape index (κ1) is 13.6. The lowest BCUT2D eigenvalue weighted by molar-refractivity contribution is 0.708. The number of nitrogens with two attached hydrogens (primary N) is 1. The number of hydrogen-bond donors (Lipinski definition) is 1. The SMILES string of the molecule is Nc1nc(Cc2ccc(Br)cc2)nc2c1CCCCC2. The number of nitrogen functional groups attached to an aromatic ring is 1. The molecular weight excluding hydrogens is 314 g/mol. The molecule has 2 aromatic rings. The number of halogens is 1. The first-order valence-electron chi connectivity index (χ1n) is 7.11. The number of fused-ring (bicyclic) bond motifs is 1. The summed E-state index contributed by atoms with van der Waals surface area (Å²) in [5.41, 5.74) is 9.69. The Hall–Kier alpha value is -1.42. The molecule has 0 radical (unpaired) electrons. The van der Waals surface area contributed by atoms with Gasteiger partial charge in [0.25, 0.3) is 0 Å². The molecule has 2 N–H and O–H groups in total. The van der Waals surface area contributed by atoms with E-state index in [0.717, 1.165) is 29.6 Å². The van der Waals surface area contributed by atoms with Gasteiger partial charge in [0.2, 0.25) is 0 Å². The number of anilines is 1. The van der Waals surface area contributed by atoms with Gasteiger partial charge in [0.15, 0.2) is 0 Å². The minimum absolute atomic E-state index is 0.684. The van der Waals surface area contributed by atoms with Crippen molar-refractivity contribution >= 4 is 21.7 Å². The minimum Gasteiger partial charge on any atom is -0.383 e. The Labute approximate surface area is 127 Å². The first-order valence-corrected chi connectivity index (χ1v) is 7.90. The summed E-state index contributed by atoms with van der Waals surface area (Å²) in [4.78, 5) is 9.25. The molecule has 0 atom stereocenters. The summed E-state index contributed by atoms with van der Waals surface area (Å²) in [7, 11) is 0. The van der Waals surface area contributed by atoms with Crippen molar-refractivity contribution in [3.05, 3.63) is 51.4 Å². The number of benzene rings is 1. The number of rotatable bonds is 2. The van der Waals surface area contributed by atoms with Crippen LogP contribution < -0.4 is 5.73 Å². The van der Waals surface area contributed by atoms with Crippen molar-refractivity contribution in [1.82, 2.24) is 9.97 Å². The van der Waals surface area contributed by atoms with Crippen LogP contribution in [0.3, 0.4) is 0 Å². The van der Waals surface area contributed by atoms with Crippen LogP contribution in [0.15, 0.2) is 28.7 Å². The summed E-state index contributed by atoms with van der Waals surface area (Å²) in [5.74, 6) is 1.52. The van der Waals surface area contributed by atoms with Crippen molar-refractivity contribution in [2.75, 3.05) is 5.73 Å². The normalized spacial score (nSPS) is 14.7. The van der Waals surface area contributed by atoms with Gasteiger partial charge in [0.05, 0.1) is 0 Å². The highest BCUT2D eigenvalue weighted by Gasteiger charge is 2.15. The molecule has 3 rings (SSSR count). The largest absolute Gasteiger partial charge is 0.383 e. The summed E-state index contributed by atoms with van der Waals surface area (Å²) in [6.07, 6.45) is 6.48. The molecule has 1 aliphatic rings. The topological polar surface area (TPSA) is 51.8 Å². The zero-order valence-electron chi connectivity index (χ0n) is 11.4.